The first kappa shape index (κ1) is 9.28. The Morgan fingerprint density at radius 3 is 2.81 bits per heavy atom. The van der Waals surface area contributed by atoms with Crippen LogP contribution in [-0.4, -0.2) is 6.54 Å². The summed E-state index contributed by atoms with van der Waals surface area (Å²) in [6.45, 7) is 3.07. The van der Waals surface area contributed by atoms with Crippen molar-refractivity contribution in [1.82, 2.24) is 0 Å². The third kappa shape index (κ3) is 1.27. The quantitative estimate of drug-likeness (QED) is 0.710. The largest absolute Gasteiger partial charge is 0.453 e. The molecule has 1 heterocycles. The van der Waals surface area contributed by atoms with Gasteiger partial charge in [-0.05, 0) is 37.3 Å². The molecule has 0 saturated heterocycles. The van der Waals surface area contributed by atoms with Gasteiger partial charge in [-0.2, -0.15) is 0 Å². The predicted octanol–water partition coefficient (Wildman–Crippen LogP) is 3.75. The first-order valence-electron chi connectivity index (χ1n) is 5.44. The van der Waals surface area contributed by atoms with Crippen LogP contribution in [0.4, 0.5) is 11.4 Å². The highest BCUT2D eigenvalue weighted by atomic mass is 16.5. The number of hydrogen-bond acceptors (Lipinski definition) is 2. The Labute approximate surface area is 95.1 Å². The van der Waals surface area contributed by atoms with Crippen molar-refractivity contribution in [3.63, 3.8) is 0 Å². The number of para-hydroxylation sites is 2. The molecule has 16 heavy (non-hydrogen) atoms. The van der Waals surface area contributed by atoms with Gasteiger partial charge in [0, 0.05) is 6.54 Å². The molecule has 1 aliphatic heterocycles. The summed E-state index contributed by atoms with van der Waals surface area (Å²) in [5.74, 6) is 1.79. The highest BCUT2D eigenvalue weighted by Gasteiger charge is 2.21. The zero-order valence-corrected chi connectivity index (χ0v) is 9.10. The molecule has 1 aliphatic rings. The zero-order valence-electron chi connectivity index (χ0n) is 9.10. The van der Waals surface area contributed by atoms with Crippen LogP contribution >= 0.6 is 0 Å². The Kier molecular flexibility index (Phi) is 2.07. The van der Waals surface area contributed by atoms with Crippen LogP contribution in [0, 0.1) is 6.07 Å². The van der Waals surface area contributed by atoms with Crippen molar-refractivity contribution in [2.24, 2.45) is 0 Å². The van der Waals surface area contributed by atoms with Gasteiger partial charge in [0.15, 0.2) is 11.5 Å². The maximum atomic E-state index is 5.84. The molecule has 0 amide bonds. The van der Waals surface area contributed by atoms with Crippen LogP contribution in [0.25, 0.3) is 0 Å². The minimum atomic E-state index is 0.878. The second-order valence-corrected chi connectivity index (χ2v) is 3.71. The van der Waals surface area contributed by atoms with Gasteiger partial charge < -0.3 is 9.64 Å². The maximum Gasteiger partial charge on any atom is 0.151 e. The summed E-state index contributed by atoms with van der Waals surface area (Å²) in [5.41, 5.74) is 2.24. The van der Waals surface area contributed by atoms with E-state index in [9.17, 15) is 0 Å². The first-order chi connectivity index (χ1) is 7.90. The first-order valence-corrected chi connectivity index (χ1v) is 5.44. The third-order valence-electron chi connectivity index (χ3n) is 2.79. The Morgan fingerprint density at radius 2 is 1.94 bits per heavy atom. The molecule has 0 N–H and O–H groups in total. The van der Waals surface area contributed by atoms with Gasteiger partial charge in [0.05, 0.1) is 11.4 Å². The van der Waals surface area contributed by atoms with E-state index >= 15 is 0 Å². The van der Waals surface area contributed by atoms with Gasteiger partial charge in [0.25, 0.3) is 0 Å². The van der Waals surface area contributed by atoms with Crippen molar-refractivity contribution in [2.75, 3.05) is 11.4 Å². The topological polar surface area (TPSA) is 12.5 Å². The number of anilines is 2. The number of benzene rings is 2. The SMILES string of the molecule is CCN1c2cc[c]cc2Oc2ccccc21. The van der Waals surface area contributed by atoms with E-state index in [1.165, 1.54) is 0 Å². The molecule has 1 radical (unpaired) electrons. The number of rotatable bonds is 1. The fourth-order valence-electron chi connectivity index (χ4n) is 2.07. The summed E-state index contributed by atoms with van der Waals surface area (Å²) in [6, 6.07) is 17.0. The highest BCUT2D eigenvalue weighted by molar-refractivity contribution is 5.77. The van der Waals surface area contributed by atoms with E-state index in [-0.39, 0.29) is 0 Å². The monoisotopic (exact) mass is 210 g/mol. The van der Waals surface area contributed by atoms with Gasteiger partial charge in [-0.1, -0.05) is 18.2 Å². The molecule has 0 aromatic heterocycles. The summed E-state index contributed by atoms with van der Waals surface area (Å²) >= 11 is 0. The fraction of sp³-hybridized carbons (Fsp3) is 0.143. The smallest absolute Gasteiger partial charge is 0.151 e. The van der Waals surface area contributed by atoms with Gasteiger partial charge >= 0.3 is 0 Å². The minimum absolute atomic E-state index is 0.878. The lowest BCUT2D eigenvalue weighted by Crippen LogP contribution is -2.20. The Bertz CT molecular complexity index is 476. The molecule has 0 unspecified atom stereocenters. The van der Waals surface area contributed by atoms with E-state index < -0.39 is 0 Å². The van der Waals surface area contributed by atoms with Crippen molar-refractivity contribution in [1.29, 1.82) is 0 Å². The van der Waals surface area contributed by atoms with E-state index in [0.717, 1.165) is 29.4 Å². The van der Waals surface area contributed by atoms with Crippen LogP contribution in [0.3, 0.4) is 0 Å². The van der Waals surface area contributed by atoms with Crippen LogP contribution in [0.2, 0.25) is 0 Å². The molecule has 79 valence electrons. The third-order valence-corrected chi connectivity index (χ3v) is 2.79. The van der Waals surface area contributed by atoms with Gasteiger partial charge in [0.1, 0.15) is 0 Å². The Hall–Kier alpha value is -1.96. The van der Waals surface area contributed by atoms with Crippen molar-refractivity contribution < 1.29 is 4.74 Å². The molecular formula is C14H12NO. The van der Waals surface area contributed by atoms with Gasteiger partial charge in [-0.15, -0.1) is 0 Å². The molecule has 0 bridgehead atoms. The van der Waals surface area contributed by atoms with Gasteiger partial charge in [0.2, 0.25) is 0 Å². The molecule has 0 saturated carbocycles. The van der Waals surface area contributed by atoms with Gasteiger partial charge in [-0.25, -0.2) is 0 Å². The highest BCUT2D eigenvalue weighted by Crippen LogP contribution is 2.45. The summed E-state index contributed by atoms with van der Waals surface area (Å²) in [5, 5.41) is 0. The lowest BCUT2D eigenvalue weighted by molar-refractivity contribution is 0.473. The number of fused-ring (bicyclic) bond motifs is 2. The Morgan fingerprint density at radius 1 is 1.12 bits per heavy atom. The van der Waals surface area contributed by atoms with E-state index in [4.69, 9.17) is 4.74 Å². The summed E-state index contributed by atoms with van der Waals surface area (Å²) in [4.78, 5) is 2.25. The van der Waals surface area contributed by atoms with Crippen LogP contribution in [-0.2, 0) is 0 Å². The van der Waals surface area contributed by atoms with Crippen molar-refractivity contribution in [3.8, 4) is 11.5 Å². The molecule has 2 heteroatoms. The second kappa shape index (κ2) is 3.56. The van der Waals surface area contributed by atoms with E-state index in [0.29, 0.717) is 0 Å². The average molecular weight is 210 g/mol. The van der Waals surface area contributed by atoms with Crippen molar-refractivity contribution in [3.05, 3.63) is 48.5 Å². The Balaban J connectivity index is 2.19. The lowest BCUT2D eigenvalue weighted by Gasteiger charge is -2.31. The molecule has 2 nitrogen and oxygen atoms in total. The normalized spacial score (nSPS) is 12.7. The molecule has 2 aromatic carbocycles. The number of nitrogens with zero attached hydrogens (tertiary/aromatic N) is 1. The fourth-order valence-corrected chi connectivity index (χ4v) is 2.07. The van der Waals surface area contributed by atoms with Crippen LogP contribution < -0.4 is 9.64 Å². The van der Waals surface area contributed by atoms with Crippen molar-refractivity contribution in [2.45, 2.75) is 6.92 Å². The number of ether oxygens (including phenoxy) is 1. The van der Waals surface area contributed by atoms with E-state index in [2.05, 4.69) is 24.0 Å². The van der Waals surface area contributed by atoms with Crippen LogP contribution in [0.5, 0.6) is 11.5 Å². The molecule has 0 aliphatic carbocycles. The predicted molar refractivity (Wildman–Crippen MR) is 64.5 cm³/mol. The minimum Gasteiger partial charge on any atom is -0.453 e. The lowest BCUT2D eigenvalue weighted by atomic mass is 10.1. The average Bonchev–Trinajstić information content (AvgIpc) is 2.36. The number of hydrogen-bond donors (Lipinski definition) is 0. The second-order valence-electron chi connectivity index (χ2n) is 3.71. The van der Waals surface area contributed by atoms with Gasteiger partial charge in [-0.3, -0.25) is 0 Å². The summed E-state index contributed by atoms with van der Waals surface area (Å²) < 4.78 is 5.84. The standard InChI is InChI=1S/C14H12NO/c1-2-15-11-7-3-5-9-13(11)16-14-10-6-4-8-12(14)15/h3-5,7-10H,2H2,1H3. The molecule has 3 rings (SSSR count). The van der Waals surface area contributed by atoms with Crippen LogP contribution in [0.15, 0.2) is 42.5 Å². The van der Waals surface area contributed by atoms with E-state index in [1.807, 2.05) is 36.4 Å². The van der Waals surface area contributed by atoms with E-state index in [1.54, 1.807) is 0 Å². The summed E-state index contributed by atoms with van der Waals surface area (Å²) in [7, 11) is 0. The maximum absolute atomic E-state index is 5.84. The molecule has 0 fully saturated rings. The summed E-state index contributed by atoms with van der Waals surface area (Å²) in [6.07, 6.45) is 0. The zero-order chi connectivity index (χ0) is 11.0. The molecular weight excluding hydrogens is 198 g/mol. The van der Waals surface area contributed by atoms with Crippen molar-refractivity contribution >= 4 is 11.4 Å². The molecule has 2 aromatic rings. The van der Waals surface area contributed by atoms with Crippen LogP contribution in [0.1, 0.15) is 6.92 Å². The molecule has 0 atom stereocenters. The molecule has 0 spiro atoms.